The van der Waals surface area contributed by atoms with Crippen molar-refractivity contribution in [1.29, 1.82) is 0 Å². The van der Waals surface area contributed by atoms with Gasteiger partial charge >= 0.3 is 0 Å². The van der Waals surface area contributed by atoms with E-state index in [4.69, 9.17) is 4.74 Å². The average Bonchev–Trinajstić information content (AvgIpc) is 2.16. The summed E-state index contributed by atoms with van der Waals surface area (Å²) >= 11 is 0. The third-order valence-electron chi connectivity index (χ3n) is 2.20. The lowest BCUT2D eigenvalue weighted by Gasteiger charge is -2.09. The van der Waals surface area contributed by atoms with Crippen molar-refractivity contribution in [1.82, 2.24) is 0 Å². The number of aryl methyl sites for hydroxylation is 1. The first kappa shape index (κ1) is 10.0. The SMILES string of the molecule is CCc1cc(F)c(CC)c(OC)c1. The van der Waals surface area contributed by atoms with E-state index in [0.717, 1.165) is 12.0 Å². The zero-order valence-corrected chi connectivity index (χ0v) is 8.36. The smallest absolute Gasteiger partial charge is 0.130 e. The molecule has 0 aromatic heterocycles. The van der Waals surface area contributed by atoms with Crippen molar-refractivity contribution in [2.45, 2.75) is 26.7 Å². The maximum atomic E-state index is 13.4. The summed E-state index contributed by atoms with van der Waals surface area (Å²) in [5.74, 6) is 0.512. The molecular weight excluding hydrogens is 167 g/mol. The summed E-state index contributed by atoms with van der Waals surface area (Å²) in [7, 11) is 1.58. The van der Waals surface area contributed by atoms with Crippen LogP contribution in [0.5, 0.6) is 5.75 Å². The molecule has 1 nitrogen and oxygen atoms in total. The zero-order valence-electron chi connectivity index (χ0n) is 8.36. The molecule has 0 amide bonds. The maximum Gasteiger partial charge on any atom is 0.130 e. The molecule has 1 aromatic rings. The monoisotopic (exact) mass is 182 g/mol. The van der Waals surface area contributed by atoms with Gasteiger partial charge in [-0.05, 0) is 30.5 Å². The summed E-state index contributed by atoms with van der Waals surface area (Å²) in [6, 6.07) is 3.49. The minimum atomic E-state index is -0.154. The normalized spacial score (nSPS) is 10.2. The van der Waals surface area contributed by atoms with E-state index in [-0.39, 0.29) is 5.82 Å². The van der Waals surface area contributed by atoms with Crippen LogP contribution in [0.15, 0.2) is 12.1 Å². The minimum absolute atomic E-state index is 0.154. The molecule has 0 aliphatic heterocycles. The predicted molar refractivity (Wildman–Crippen MR) is 51.7 cm³/mol. The fourth-order valence-corrected chi connectivity index (χ4v) is 1.39. The number of methoxy groups -OCH3 is 1. The Morgan fingerprint density at radius 1 is 1.23 bits per heavy atom. The Bertz CT molecular complexity index is 294. The molecule has 0 saturated heterocycles. The van der Waals surface area contributed by atoms with Gasteiger partial charge in [0.25, 0.3) is 0 Å². The first-order valence-electron chi connectivity index (χ1n) is 4.58. The van der Waals surface area contributed by atoms with Gasteiger partial charge in [-0.1, -0.05) is 13.8 Å². The number of rotatable bonds is 3. The van der Waals surface area contributed by atoms with Crippen molar-refractivity contribution >= 4 is 0 Å². The lowest BCUT2D eigenvalue weighted by atomic mass is 10.1. The molecule has 1 aromatic carbocycles. The van der Waals surface area contributed by atoms with Gasteiger partial charge < -0.3 is 4.74 Å². The van der Waals surface area contributed by atoms with Crippen molar-refractivity contribution in [3.8, 4) is 5.75 Å². The van der Waals surface area contributed by atoms with Crippen LogP contribution < -0.4 is 4.74 Å². The molecule has 0 saturated carbocycles. The summed E-state index contributed by atoms with van der Waals surface area (Å²) in [5, 5.41) is 0. The third-order valence-corrected chi connectivity index (χ3v) is 2.20. The predicted octanol–water partition coefficient (Wildman–Crippen LogP) is 2.96. The van der Waals surface area contributed by atoms with Crippen molar-refractivity contribution < 1.29 is 9.13 Å². The van der Waals surface area contributed by atoms with Gasteiger partial charge in [-0.3, -0.25) is 0 Å². The van der Waals surface area contributed by atoms with Crippen LogP contribution in [-0.2, 0) is 12.8 Å². The van der Waals surface area contributed by atoms with Crippen molar-refractivity contribution in [2.24, 2.45) is 0 Å². The van der Waals surface area contributed by atoms with E-state index in [0.29, 0.717) is 17.7 Å². The van der Waals surface area contributed by atoms with E-state index in [2.05, 4.69) is 0 Å². The Morgan fingerprint density at radius 3 is 2.38 bits per heavy atom. The maximum absolute atomic E-state index is 13.4. The van der Waals surface area contributed by atoms with Gasteiger partial charge in [0.1, 0.15) is 11.6 Å². The average molecular weight is 182 g/mol. The number of ether oxygens (including phenoxy) is 1. The molecule has 0 unspecified atom stereocenters. The van der Waals surface area contributed by atoms with E-state index in [9.17, 15) is 4.39 Å². The molecule has 0 bridgehead atoms. The standard InChI is InChI=1S/C11H15FO/c1-4-8-6-10(12)9(5-2)11(7-8)13-3/h6-7H,4-5H2,1-3H3. The lowest BCUT2D eigenvalue weighted by molar-refractivity contribution is 0.404. The zero-order chi connectivity index (χ0) is 9.84. The molecule has 0 aliphatic carbocycles. The van der Waals surface area contributed by atoms with E-state index in [1.807, 2.05) is 19.9 Å². The van der Waals surface area contributed by atoms with E-state index < -0.39 is 0 Å². The molecule has 0 aliphatic rings. The second kappa shape index (κ2) is 4.26. The molecule has 0 fully saturated rings. The van der Waals surface area contributed by atoms with Gasteiger partial charge in [-0.2, -0.15) is 0 Å². The highest BCUT2D eigenvalue weighted by atomic mass is 19.1. The molecular formula is C11H15FO. The minimum Gasteiger partial charge on any atom is -0.496 e. The van der Waals surface area contributed by atoms with Crippen LogP contribution in [0.1, 0.15) is 25.0 Å². The van der Waals surface area contributed by atoms with Gasteiger partial charge in [0.05, 0.1) is 7.11 Å². The number of hydrogen-bond donors (Lipinski definition) is 0. The quantitative estimate of drug-likeness (QED) is 0.698. The van der Waals surface area contributed by atoms with E-state index >= 15 is 0 Å². The van der Waals surface area contributed by atoms with E-state index in [1.54, 1.807) is 13.2 Å². The summed E-state index contributed by atoms with van der Waals surface area (Å²) in [6.45, 7) is 3.92. The van der Waals surface area contributed by atoms with Crippen LogP contribution in [0.4, 0.5) is 4.39 Å². The fraction of sp³-hybridized carbons (Fsp3) is 0.455. The highest BCUT2D eigenvalue weighted by molar-refractivity contribution is 5.38. The number of halogens is 1. The van der Waals surface area contributed by atoms with Crippen LogP contribution in [0.3, 0.4) is 0 Å². The Morgan fingerprint density at radius 2 is 1.92 bits per heavy atom. The van der Waals surface area contributed by atoms with Crippen LogP contribution in [0, 0.1) is 5.82 Å². The van der Waals surface area contributed by atoms with Crippen LogP contribution in [-0.4, -0.2) is 7.11 Å². The Kier molecular flexibility index (Phi) is 3.29. The highest BCUT2D eigenvalue weighted by Gasteiger charge is 2.08. The second-order valence-corrected chi connectivity index (χ2v) is 2.97. The summed E-state index contributed by atoms with van der Waals surface area (Å²) in [4.78, 5) is 0. The van der Waals surface area contributed by atoms with Crippen molar-refractivity contribution in [2.75, 3.05) is 7.11 Å². The first-order valence-corrected chi connectivity index (χ1v) is 4.58. The largest absolute Gasteiger partial charge is 0.496 e. The van der Waals surface area contributed by atoms with Crippen molar-refractivity contribution in [3.63, 3.8) is 0 Å². The van der Waals surface area contributed by atoms with Crippen molar-refractivity contribution in [3.05, 3.63) is 29.1 Å². The molecule has 0 radical (unpaired) electrons. The molecule has 2 heteroatoms. The first-order chi connectivity index (χ1) is 6.22. The second-order valence-electron chi connectivity index (χ2n) is 2.97. The van der Waals surface area contributed by atoms with Gasteiger partial charge in [0, 0.05) is 5.56 Å². The molecule has 0 atom stereocenters. The topological polar surface area (TPSA) is 9.23 Å². The third kappa shape index (κ3) is 2.00. The fourth-order valence-electron chi connectivity index (χ4n) is 1.39. The molecule has 0 spiro atoms. The van der Waals surface area contributed by atoms with Crippen LogP contribution >= 0.6 is 0 Å². The summed E-state index contributed by atoms with van der Waals surface area (Å²) < 4.78 is 18.5. The van der Waals surface area contributed by atoms with Gasteiger partial charge in [0.15, 0.2) is 0 Å². The van der Waals surface area contributed by atoms with Gasteiger partial charge in [-0.25, -0.2) is 4.39 Å². The molecule has 13 heavy (non-hydrogen) atoms. The van der Waals surface area contributed by atoms with Crippen LogP contribution in [0.25, 0.3) is 0 Å². The van der Waals surface area contributed by atoms with E-state index in [1.165, 1.54) is 0 Å². The highest BCUT2D eigenvalue weighted by Crippen LogP contribution is 2.24. The van der Waals surface area contributed by atoms with Gasteiger partial charge in [-0.15, -0.1) is 0 Å². The molecule has 72 valence electrons. The Labute approximate surface area is 78.5 Å². The molecule has 0 N–H and O–H groups in total. The summed E-state index contributed by atoms with van der Waals surface area (Å²) in [6.07, 6.45) is 1.50. The molecule has 1 rings (SSSR count). The van der Waals surface area contributed by atoms with Gasteiger partial charge in [0.2, 0.25) is 0 Å². The Balaban J connectivity index is 3.20. The summed E-state index contributed by atoms with van der Waals surface area (Å²) in [5.41, 5.74) is 1.64. The number of hydrogen-bond acceptors (Lipinski definition) is 1. The molecule has 0 heterocycles. The Hall–Kier alpha value is -1.05. The number of benzene rings is 1. The van der Waals surface area contributed by atoms with Crippen LogP contribution in [0.2, 0.25) is 0 Å². The lowest BCUT2D eigenvalue weighted by Crippen LogP contribution is -1.96.